The van der Waals surface area contributed by atoms with Gasteiger partial charge >= 0.3 is 5.97 Å². The number of fused-ring (bicyclic) bond motifs is 1. The van der Waals surface area contributed by atoms with Crippen LogP contribution in [0.2, 0.25) is 0 Å². The highest BCUT2D eigenvalue weighted by Crippen LogP contribution is 2.26. The van der Waals surface area contributed by atoms with E-state index in [1.807, 2.05) is 36.4 Å². The van der Waals surface area contributed by atoms with E-state index >= 15 is 0 Å². The van der Waals surface area contributed by atoms with Crippen LogP contribution in [0.5, 0.6) is 0 Å². The molecular formula is C24H21N3O2. The molecule has 0 unspecified atom stereocenters. The molecule has 144 valence electrons. The topological polar surface area (TPSA) is 78.9 Å². The molecule has 0 radical (unpaired) electrons. The number of aromatic amines is 1. The van der Waals surface area contributed by atoms with Gasteiger partial charge in [-0.3, -0.25) is 0 Å². The normalized spacial score (nSPS) is 11.8. The monoisotopic (exact) mass is 383 g/mol. The van der Waals surface area contributed by atoms with Gasteiger partial charge in [0.15, 0.2) is 5.82 Å². The zero-order valence-corrected chi connectivity index (χ0v) is 16.5. The average Bonchev–Trinajstić information content (AvgIpc) is 3.15. The zero-order valence-electron chi connectivity index (χ0n) is 16.5. The molecular weight excluding hydrogens is 362 g/mol. The van der Waals surface area contributed by atoms with Gasteiger partial charge in [-0.25, -0.2) is 14.8 Å². The summed E-state index contributed by atoms with van der Waals surface area (Å²) in [4.78, 5) is 24.0. The minimum atomic E-state index is -0.944. The molecule has 0 aliphatic heterocycles. The number of para-hydroxylation sites is 1. The molecule has 29 heavy (non-hydrogen) atoms. The minimum absolute atomic E-state index is 0.261. The molecule has 5 heteroatoms. The molecule has 0 aliphatic carbocycles. The highest BCUT2D eigenvalue weighted by molar-refractivity contribution is 5.95. The van der Waals surface area contributed by atoms with Gasteiger partial charge in [0.1, 0.15) is 5.69 Å². The van der Waals surface area contributed by atoms with E-state index in [1.54, 1.807) is 13.0 Å². The molecule has 0 saturated carbocycles. The largest absolute Gasteiger partial charge is 0.478 e. The third-order valence-electron chi connectivity index (χ3n) is 5.05. The maximum absolute atomic E-state index is 11.2. The first-order chi connectivity index (χ1) is 13.9. The Morgan fingerprint density at radius 3 is 2.48 bits per heavy atom. The molecule has 5 nitrogen and oxygen atoms in total. The molecule has 4 aromatic rings. The van der Waals surface area contributed by atoms with Gasteiger partial charge in [0.2, 0.25) is 0 Å². The average molecular weight is 383 g/mol. The molecule has 0 spiro atoms. The molecule has 2 heterocycles. The van der Waals surface area contributed by atoms with Crippen molar-refractivity contribution in [2.24, 2.45) is 0 Å². The van der Waals surface area contributed by atoms with Crippen molar-refractivity contribution in [2.45, 2.75) is 20.8 Å². The lowest BCUT2D eigenvalue weighted by Gasteiger charge is -2.06. The third-order valence-corrected chi connectivity index (χ3v) is 5.05. The number of H-pyrrole nitrogens is 1. The summed E-state index contributed by atoms with van der Waals surface area (Å²) in [6.45, 7) is 5.76. The fraction of sp³-hybridized carbons (Fsp3) is 0.125. The Balaban J connectivity index is 1.78. The van der Waals surface area contributed by atoms with Gasteiger partial charge < -0.3 is 10.1 Å². The smallest absolute Gasteiger partial charge is 0.331 e. The number of hydrogen-bond donors (Lipinski definition) is 2. The molecule has 0 atom stereocenters. The summed E-state index contributed by atoms with van der Waals surface area (Å²) in [5.74, 6) is -0.292. The van der Waals surface area contributed by atoms with Crippen LogP contribution in [0.3, 0.4) is 0 Å². The fourth-order valence-electron chi connectivity index (χ4n) is 3.22. The maximum Gasteiger partial charge on any atom is 0.331 e. The number of aromatic nitrogens is 3. The van der Waals surface area contributed by atoms with Gasteiger partial charge in [0.05, 0.1) is 16.7 Å². The predicted molar refractivity (Wildman–Crippen MR) is 116 cm³/mol. The van der Waals surface area contributed by atoms with Crippen molar-refractivity contribution in [1.82, 2.24) is 15.0 Å². The van der Waals surface area contributed by atoms with Crippen molar-refractivity contribution in [1.29, 1.82) is 0 Å². The summed E-state index contributed by atoms with van der Waals surface area (Å²) in [7, 11) is 0. The number of imidazole rings is 1. The number of aryl methyl sites for hydroxylation is 2. The molecule has 4 rings (SSSR count). The number of aliphatic carboxylic acids is 1. The molecule has 2 aromatic heterocycles. The Bertz CT molecular complexity index is 1270. The number of nitrogens with zero attached hydrogens (tertiary/aromatic N) is 2. The summed E-state index contributed by atoms with van der Waals surface area (Å²) >= 11 is 0. The summed E-state index contributed by atoms with van der Waals surface area (Å²) in [5, 5.41) is 9.17. The second-order valence-corrected chi connectivity index (χ2v) is 7.17. The molecule has 0 aliphatic rings. The highest BCUT2D eigenvalue weighted by atomic mass is 16.4. The van der Waals surface area contributed by atoms with Crippen LogP contribution in [0.4, 0.5) is 0 Å². The van der Waals surface area contributed by atoms with Crippen LogP contribution in [-0.4, -0.2) is 26.0 Å². The minimum Gasteiger partial charge on any atom is -0.478 e. The molecule has 0 fully saturated rings. The number of nitrogens with one attached hydrogen (secondary N) is 1. The van der Waals surface area contributed by atoms with Crippen molar-refractivity contribution in [3.05, 3.63) is 76.9 Å². The highest BCUT2D eigenvalue weighted by Gasteiger charge is 2.11. The van der Waals surface area contributed by atoms with Crippen molar-refractivity contribution in [3.63, 3.8) is 0 Å². The first-order valence-corrected chi connectivity index (χ1v) is 9.38. The zero-order chi connectivity index (χ0) is 20.5. The summed E-state index contributed by atoms with van der Waals surface area (Å²) in [6, 6.07) is 17.8. The SMILES string of the molecule is C/C(=C\c1cccc2[nH]c(-c3cccc(-c4ccc(C)c(C)c4)n3)nc12)C(=O)O. The van der Waals surface area contributed by atoms with Crippen LogP contribution in [0, 0.1) is 13.8 Å². The van der Waals surface area contributed by atoms with E-state index in [0.29, 0.717) is 5.82 Å². The van der Waals surface area contributed by atoms with Crippen molar-refractivity contribution in [3.8, 4) is 22.8 Å². The van der Waals surface area contributed by atoms with E-state index < -0.39 is 5.97 Å². The second-order valence-electron chi connectivity index (χ2n) is 7.17. The second kappa shape index (κ2) is 7.36. The Labute approximate surface area is 168 Å². The number of hydrogen-bond acceptors (Lipinski definition) is 3. The van der Waals surface area contributed by atoms with Crippen LogP contribution in [0.15, 0.2) is 60.2 Å². The van der Waals surface area contributed by atoms with Gasteiger partial charge in [-0.05, 0) is 62.2 Å². The van der Waals surface area contributed by atoms with Crippen LogP contribution >= 0.6 is 0 Å². The van der Waals surface area contributed by atoms with E-state index in [1.165, 1.54) is 11.1 Å². The van der Waals surface area contributed by atoms with Crippen molar-refractivity contribution >= 4 is 23.1 Å². The van der Waals surface area contributed by atoms with Crippen molar-refractivity contribution in [2.75, 3.05) is 0 Å². The first-order valence-electron chi connectivity index (χ1n) is 9.38. The van der Waals surface area contributed by atoms with E-state index in [2.05, 4.69) is 37.0 Å². The van der Waals surface area contributed by atoms with Crippen LogP contribution < -0.4 is 0 Å². The number of carboxylic acids is 1. The number of carbonyl (C=O) groups is 1. The number of carboxylic acid groups (broad SMARTS) is 1. The quantitative estimate of drug-likeness (QED) is 0.463. The molecule has 0 amide bonds. The van der Waals surface area contributed by atoms with Crippen LogP contribution in [0.25, 0.3) is 39.9 Å². The maximum atomic E-state index is 11.2. The Morgan fingerprint density at radius 1 is 0.966 bits per heavy atom. The first kappa shape index (κ1) is 18.6. The van der Waals surface area contributed by atoms with E-state index in [0.717, 1.165) is 33.5 Å². The van der Waals surface area contributed by atoms with Gasteiger partial charge in [-0.15, -0.1) is 0 Å². The summed E-state index contributed by atoms with van der Waals surface area (Å²) in [5.41, 5.74) is 7.74. The van der Waals surface area contributed by atoms with E-state index in [-0.39, 0.29) is 5.57 Å². The summed E-state index contributed by atoms with van der Waals surface area (Å²) in [6.07, 6.45) is 1.63. The van der Waals surface area contributed by atoms with Gasteiger partial charge in [-0.2, -0.15) is 0 Å². The lowest BCUT2D eigenvalue weighted by Crippen LogP contribution is -1.95. The Hall–Kier alpha value is -3.73. The fourth-order valence-corrected chi connectivity index (χ4v) is 3.22. The van der Waals surface area contributed by atoms with Gasteiger partial charge in [0, 0.05) is 16.7 Å². The molecule has 2 N–H and O–H groups in total. The Morgan fingerprint density at radius 2 is 1.72 bits per heavy atom. The van der Waals surface area contributed by atoms with Crippen molar-refractivity contribution < 1.29 is 9.90 Å². The van der Waals surface area contributed by atoms with Crippen LogP contribution in [0.1, 0.15) is 23.6 Å². The predicted octanol–water partition coefficient (Wildman–Crippen LogP) is 5.40. The number of rotatable bonds is 4. The number of pyridine rings is 1. The molecule has 0 bridgehead atoms. The van der Waals surface area contributed by atoms with Gasteiger partial charge in [0.25, 0.3) is 0 Å². The molecule has 0 saturated heterocycles. The lowest BCUT2D eigenvalue weighted by molar-refractivity contribution is -0.132. The van der Waals surface area contributed by atoms with Gasteiger partial charge in [-0.1, -0.05) is 30.3 Å². The van der Waals surface area contributed by atoms with E-state index in [9.17, 15) is 4.79 Å². The summed E-state index contributed by atoms with van der Waals surface area (Å²) < 4.78 is 0. The van der Waals surface area contributed by atoms with Crippen LogP contribution in [-0.2, 0) is 4.79 Å². The lowest BCUT2D eigenvalue weighted by atomic mass is 10.0. The Kier molecular flexibility index (Phi) is 4.72. The number of benzene rings is 2. The molecule has 2 aromatic carbocycles. The van der Waals surface area contributed by atoms with E-state index in [4.69, 9.17) is 15.1 Å². The third kappa shape index (κ3) is 3.67. The standard InChI is InChI=1S/C24H21N3O2/c1-14-10-11-17(12-15(14)2)19-7-5-9-21(25-19)23-26-20-8-4-6-18(22(20)27-23)13-16(3)24(28)29/h4-13H,1-3H3,(H,26,27)(H,28,29)/b16-13+.